The molecule has 148 valence electrons. The Kier molecular flexibility index (Phi) is 5.46. The van der Waals surface area contributed by atoms with Gasteiger partial charge in [0.2, 0.25) is 0 Å². The molecular formula is C22H28N4O2. The highest BCUT2D eigenvalue weighted by Gasteiger charge is 2.30. The smallest absolute Gasteiger partial charge is 0.287 e. The lowest BCUT2D eigenvalue weighted by Gasteiger charge is -2.20. The van der Waals surface area contributed by atoms with Crippen LogP contribution in [0.4, 0.5) is 0 Å². The van der Waals surface area contributed by atoms with E-state index in [1.165, 1.54) is 12.8 Å². The largest absolute Gasteiger partial charge is 0.347 e. The van der Waals surface area contributed by atoms with Crippen LogP contribution in [0, 0.1) is 0 Å². The van der Waals surface area contributed by atoms with Crippen molar-refractivity contribution in [1.82, 2.24) is 19.8 Å². The molecule has 2 aliphatic rings. The van der Waals surface area contributed by atoms with Gasteiger partial charge in [-0.25, -0.2) is 4.98 Å². The zero-order chi connectivity index (χ0) is 19.5. The Morgan fingerprint density at radius 1 is 1.14 bits per heavy atom. The Labute approximate surface area is 165 Å². The molecule has 28 heavy (non-hydrogen) atoms. The number of hydrogen-bond acceptors (Lipinski definition) is 3. The number of aromatic nitrogens is 2. The first kappa shape index (κ1) is 18.7. The van der Waals surface area contributed by atoms with Gasteiger partial charge in [-0.2, -0.15) is 0 Å². The van der Waals surface area contributed by atoms with Crippen LogP contribution in [-0.4, -0.2) is 39.4 Å². The molecule has 2 amide bonds. The van der Waals surface area contributed by atoms with Crippen LogP contribution >= 0.6 is 0 Å². The Hall–Kier alpha value is -2.63. The van der Waals surface area contributed by atoms with Crippen LogP contribution in [0.5, 0.6) is 0 Å². The maximum atomic E-state index is 13.1. The van der Waals surface area contributed by atoms with Crippen LogP contribution in [0.2, 0.25) is 0 Å². The van der Waals surface area contributed by atoms with E-state index in [0.717, 1.165) is 49.9 Å². The van der Waals surface area contributed by atoms with Gasteiger partial charge in [0.15, 0.2) is 5.82 Å². The Morgan fingerprint density at radius 3 is 2.64 bits per heavy atom. The number of nitrogens with one attached hydrogen (secondary N) is 1. The molecule has 2 aromatic rings. The molecule has 2 heterocycles. The first-order chi connectivity index (χ1) is 13.6. The fraction of sp³-hybridized carbons (Fsp3) is 0.500. The maximum Gasteiger partial charge on any atom is 0.287 e. The van der Waals surface area contributed by atoms with E-state index in [1.54, 1.807) is 11.9 Å². The molecule has 1 fully saturated rings. The van der Waals surface area contributed by atoms with Crippen molar-refractivity contribution in [2.24, 2.45) is 0 Å². The Morgan fingerprint density at radius 2 is 1.89 bits per heavy atom. The van der Waals surface area contributed by atoms with Crippen molar-refractivity contribution in [3.8, 4) is 0 Å². The Bertz CT molecular complexity index is 853. The van der Waals surface area contributed by atoms with Crippen LogP contribution in [0.3, 0.4) is 0 Å². The molecular weight excluding hydrogens is 352 g/mol. The zero-order valence-corrected chi connectivity index (χ0v) is 16.5. The number of rotatable bonds is 5. The normalized spacial score (nSPS) is 16.6. The van der Waals surface area contributed by atoms with E-state index >= 15 is 0 Å². The minimum Gasteiger partial charge on any atom is -0.347 e. The number of imidazole rings is 1. The molecule has 0 unspecified atom stereocenters. The molecule has 4 rings (SSSR count). The summed E-state index contributed by atoms with van der Waals surface area (Å²) in [4.78, 5) is 32.2. The molecule has 1 aromatic heterocycles. The first-order valence-corrected chi connectivity index (χ1v) is 10.3. The summed E-state index contributed by atoms with van der Waals surface area (Å²) < 4.78 is 1.97. The molecule has 1 aliphatic heterocycles. The molecule has 1 aromatic carbocycles. The number of fused-ring (bicyclic) bond motifs is 1. The van der Waals surface area contributed by atoms with Gasteiger partial charge in [-0.15, -0.1) is 0 Å². The summed E-state index contributed by atoms with van der Waals surface area (Å²) in [7, 11) is 1.79. The van der Waals surface area contributed by atoms with Crippen LogP contribution in [0.15, 0.2) is 30.3 Å². The first-order valence-electron chi connectivity index (χ1n) is 10.3. The maximum absolute atomic E-state index is 13.1. The van der Waals surface area contributed by atoms with Crippen molar-refractivity contribution in [3.63, 3.8) is 0 Å². The quantitative estimate of drug-likeness (QED) is 0.866. The third-order valence-corrected chi connectivity index (χ3v) is 5.82. The van der Waals surface area contributed by atoms with Gasteiger partial charge in [0.25, 0.3) is 11.8 Å². The number of amides is 2. The van der Waals surface area contributed by atoms with E-state index in [-0.39, 0.29) is 17.9 Å². The summed E-state index contributed by atoms with van der Waals surface area (Å²) in [5.41, 5.74) is 2.42. The van der Waals surface area contributed by atoms with E-state index in [2.05, 4.69) is 10.3 Å². The minimum absolute atomic E-state index is 0.116. The zero-order valence-electron chi connectivity index (χ0n) is 16.5. The molecule has 0 atom stereocenters. The van der Waals surface area contributed by atoms with Crippen LogP contribution < -0.4 is 5.32 Å². The number of carbonyl (C=O) groups excluding carboxylic acids is 2. The van der Waals surface area contributed by atoms with Crippen LogP contribution in [0.25, 0.3) is 0 Å². The minimum atomic E-state index is -0.139. The summed E-state index contributed by atoms with van der Waals surface area (Å²) in [6.07, 6.45) is 7.23. The molecule has 1 saturated carbocycles. The average molecular weight is 380 g/mol. The lowest BCUT2D eigenvalue weighted by Crippen LogP contribution is -2.35. The van der Waals surface area contributed by atoms with Crippen molar-refractivity contribution in [2.45, 2.75) is 64.1 Å². The highest BCUT2D eigenvalue weighted by Crippen LogP contribution is 2.24. The van der Waals surface area contributed by atoms with E-state index in [4.69, 9.17) is 0 Å². The van der Waals surface area contributed by atoms with Crippen molar-refractivity contribution in [2.75, 3.05) is 7.05 Å². The van der Waals surface area contributed by atoms with E-state index in [9.17, 15) is 9.59 Å². The van der Waals surface area contributed by atoms with Gasteiger partial charge in [0, 0.05) is 26.2 Å². The predicted molar refractivity (Wildman–Crippen MR) is 107 cm³/mol. The lowest BCUT2D eigenvalue weighted by atomic mass is 10.1. The monoisotopic (exact) mass is 380 g/mol. The number of benzene rings is 1. The highest BCUT2D eigenvalue weighted by molar-refractivity contribution is 5.97. The summed E-state index contributed by atoms with van der Waals surface area (Å²) in [5.74, 6) is 0.146. The van der Waals surface area contributed by atoms with E-state index in [0.29, 0.717) is 18.1 Å². The molecule has 0 saturated heterocycles. The van der Waals surface area contributed by atoms with Gasteiger partial charge in [0.05, 0.1) is 5.69 Å². The highest BCUT2D eigenvalue weighted by atomic mass is 16.2. The van der Waals surface area contributed by atoms with Gasteiger partial charge < -0.3 is 14.8 Å². The third kappa shape index (κ3) is 3.81. The van der Waals surface area contributed by atoms with Crippen molar-refractivity contribution in [1.29, 1.82) is 0 Å². The molecule has 0 radical (unpaired) electrons. The third-order valence-electron chi connectivity index (χ3n) is 5.82. The van der Waals surface area contributed by atoms with Gasteiger partial charge in [-0.3, -0.25) is 9.59 Å². The predicted octanol–water partition coefficient (Wildman–Crippen LogP) is 3.16. The summed E-state index contributed by atoms with van der Waals surface area (Å²) >= 11 is 0. The fourth-order valence-electron chi connectivity index (χ4n) is 4.32. The average Bonchev–Trinajstić information content (AvgIpc) is 3.36. The van der Waals surface area contributed by atoms with Gasteiger partial charge >= 0.3 is 0 Å². The van der Waals surface area contributed by atoms with E-state index < -0.39 is 0 Å². The second-order valence-electron chi connectivity index (χ2n) is 7.94. The number of nitrogens with zero attached hydrogens (tertiary/aromatic N) is 3. The van der Waals surface area contributed by atoms with Crippen molar-refractivity contribution >= 4 is 11.8 Å². The molecule has 1 N–H and O–H groups in total. The summed E-state index contributed by atoms with van der Waals surface area (Å²) in [5, 5.41) is 3.12. The Balaban J connectivity index is 1.57. The molecule has 6 nitrogen and oxygen atoms in total. The second kappa shape index (κ2) is 8.17. The SMILES string of the molecule is CN(Cc1ccccc1)C(=O)c1nc(C(=O)NC2CCCC2)n2c1CCCC2. The van der Waals surface area contributed by atoms with Crippen LogP contribution in [0.1, 0.15) is 70.9 Å². The summed E-state index contributed by atoms with van der Waals surface area (Å²) in [6, 6.07) is 10.2. The van der Waals surface area contributed by atoms with Crippen LogP contribution in [-0.2, 0) is 19.5 Å². The fourth-order valence-corrected chi connectivity index (χ4v) is 4.32. The molecule has 0 bridgehead atoms. The van der Waals surface area contributed by atoms with Gasteiger partial charge in [-0.1, -0.05) is 43.2 Å². The number of hydrogen-bond donors (Lipinski definition) is 1. The topological polar surface area (TPSA) is 67.2 Å². The van der Waals surface area contributed by atoms with Crippen molar-refractivity contribution in [3.05, 3.63) is 53.1 Å². The van der Waals surface area contributed by atoms with E-state index in [1.807, 2.05) is 34.9 Å². The lowest BCUT2D eigenvalue weighted by molar-refractivity contribution is 0.0778. The number of carbonyl (C=O) groups is 2. The molecule has 6 heteroatoms. The van der Waals surface area contributed by atoms with Crippen molar-refractivity contribution < 1.29 is 9.59 Å². The molecule has 0 spiro atoms. The standard InChI is InChI=1S/C22H28N4O2/c1-25(15-16-9-3-2-4-10-16)22(28)19-18-13-7-8-14-26(18)20(24-19)21(27)23-17-11-5-6-12-17/h2-4,9-10,17H,5-8,11-15H2,1H3,(H,23,27). The second-order valence-corrected chi connectivity index (χ2v) is 7.94. The summed E-state index contributed by atoms with van der Waals surface area (Å²) in [6.45, 7) is 1.28. The molecule has 1 aliphatic carbocycles. The van der Waals surface area contributed by atoms with Gasteiger partial charge in [-0.05, 0) is 37.7 Å². The van der Waals surface area contributed by atoms with Gasteiger partial charge in [0.1, 0.15) is 5.69 Å².